The molecular weight excluding hydrogens is 342 g/mol. The molecule has 3 unspecified atom stereocenters. The third-order valence-corrected chi connectivity index (χ3v) is 5.96. The SMILES string of the molecule is Cc1cc(C(=O)N2CCN(C(C)C(=O)N3CC(C)CC(C)C3)CC2)c(C)o1. The summed E-state index contributed by atoms with van der Waals surface area (Å²) in [5.41, 5.74) is 0.654. The Hall–Kier alpha value is -1.82. The first kappa shape index (κ1) is 19.9. The molecule has 2 amide bonds. The summed E-state index contributed by atoms with van der Waals surface area (Å²) >= 11 is 0. The molecule has 2 fully saturated rings. The summed E-state index contributed by atoms with van der Waals surface area (Å²) in [7, 11) is 0. The molecule has 2 aliphatic rings. The lowest BCUT2D eigenvalue weighted by atomic mass is 9.91. The number of nitrogens with zero attached hydrogens (tertiary/aromatic N) is 3. The van der Waals surface area contributed by atoms with Crippen molar-refractivity contribution in [3.8, 4) is 0 Å². The first-order valence-electron chi connectivity index (χ1n) is 10.2. The second-order valence-electron chi connectivity index (χ2n) is 8.52. The third-order valence-electron chi connectivity index (χ3n) is 5.96. The molecule has 150 valence electrons. The molecule has 3 atom stereocenters. The lowest BCUT2D eigenvalue weighted by molar-refractivity contribution is -0.139. The largest absolute Gasteiger partial charge is 0.466 e. The number of hydrogen-bond acceptors (Lipinski definition) is 4. The van der Waals surface area contributed by atoms with Gasteiger partial charge in [-0.1, -0.05) is 13.8 Å². The number of hydrogen-bond donors (Lipinski definition) is 0. The van der Waals surface area contributed by atoms with Crippen LogP contribution in [0.4, 0.5) is 0 Å². The maximum Gasteiger partial charge on any atom is 0.257 e. The molecular formula is C21H33N3O3. The van der Waals surface area contributed by atoms with Crippen molar-refractivity contribution in [3.05, 3.63) is 23.2 Å². The molecule has 27 heavy (non-hydrogen) atoms. The van der Waals surface area contributed by atoms with Crippen molar-refractivity contribution in [1.29, 1.82) is 0 Å². The molecule has 0 aliphatic carbocycles. The number of rotatable bonds is 3. The molecule has 0 N–H and O–H groups in total. The third kappa shape index (κ3) is 4.37. The van der Waals surface area contributed by atoms with E-state index in [9.17, 15) is 9.59 Å². The Bertz CT molecular complexity index is 681. The first-order valence-corrected chi connectivity index (χ1v) is 10.2. The van der Waals surface area contributed by atoms with Gasteiger partial charge in [0.1, 0.15) is 11.5 Å². The fourth-order valence-corrected chi connectivity index (χ4v) is 4.59. The Labute approximate surface area is 162 Å². The summed E-state index contributed by atoms with van der Waals surface area (Å²) in [4.78, 5) is 31.8. The Morgan fingerprint density at radius 1 is 1.04 bits per heavy atom. The number of likely N-dealkylation sites (tertiary alicyclic amines) is 1. The van der Waals surface area contributed by atoms with E-state index in [0.717, 1.165) is 31.9 Å². The fourth-order valence-electron chi connectivity index (χ4n) is 4.59. The van der Waals surface area contributed by atoms with Gasteiger partial charge in [-0.15, -0.1) is 0 Å². The number of amides is 2. The van der Waals surface area contributed by atoms with E-state index in [2.05, 4.69) is 18.7 Å². The summed E-state index contributed by atoms with van der Waals surface area (Å²) < 4.78 is 5.49. The van der Waals surface area contributed by atoms with Gasteiger partial charge in [-0.05, 0) is 45.1 Å². The molecule has 1 aromatic heterocycles. The van der Waals surface area contributed by atoms with E-state index in [4.69, 9.17) is 4.42 Å². The number of piperazine rings is 1. The van der Waals surface area contributed by atoms with Crippen molar-refractivity contribution < 1.29 is 14.0 Å². The Balaban J connectivity index is 1.56. The lowest BCUT2D eigenvalue weighted by Crippen LogP contribution is -2.56. The maximum atomic E-state index is 13.0. The molecule has 6 nitrogen and oxygen atoms in total. The molecule has 0 bridgehead atoms. The molecule has 2 aliphatic heterocycles. The highest BCUT2D eigenvalue weighted by atomic mass is 16.3. The van der Waals surface area contributed by atoms with Gasteiger partial charge in [0.15, 0.2) is 0 Å². The van der Waals surface area contributed by atoms with E-state index < -0.39 is 0 Å². The monoisotopic (exact) mass is 375 g/mol. The normalized spacial score (nSPS) is 25.5. The van der Waals surface area contributed by atoms with Crippen LogP contribution in [0.3, 0.4) is 0 Å². The van der Waals surface area contributed by atoms with E-state index >= 15 is 0 Å². The molecule has 3 rings (SSSR count). The molecule has 6 heteroatoms. The van der Waals surface area contributed by atoms with Crippen LogP contribution < -0.4 is 0 Å². The minimum atomic E-state index is -0.127. The van der Waals surface area contributed by atoms with E-state index in [1.54, 1.807) is 0 Å². The van der Waals surface area contributed by atoms with Crippen LogP contribution in [0.2, 0.25) is 0 Å². The van der Waals surface area contributed by atoms with E-state index in [0.29, 0.717) is 36.2 Å². The van der Waals surface area contributed by atoms with Gasteiger partial charge in [-0.3, -0.25) is 14.5 Å². The first-order chi connectivity index (χ1) is 12.8. The summed E-state index contributed by atoms with van der Waals surface area (Å²) in [6.45, 7) is 14.6. The average Bonchev–Trinajstić information content (AvgIpc) is 2.97. The molecule has 1 aromatic rings. The van der Waals surface area contributed by atoms with Gasteiger partial charge in [-0.2, -0.15) is 0 Å². The predicted octanol–water partition coefficient (Wildman–Crippen LogP) is 2.55. The number of furan rings is 1. The van der Waals surface area contributed by atoms with Gasteiger partial charge < -0.3 is 14.2 Å². The van der Waals surface area contributed by atoms with Crippen molar-refractivity contribution in [3.63, 3.8) is 0 Å². The molecule has 0 aromatic carbocycles. The number of piperidine rings is 1. The van der Waals surface area contributed by atoms with Crippen LogP contribution in [-0.4, -0.2) is 71.8 Å². The van der Waals surface area contributed by atoms with Crippen molar-refractivity contribution >= 4 is 11.8 Å². The van der Waals surface area contributed by atoms with Crippen LogP contribution in [-0.2, 0) is 4.79 Å². The molecule has 0 saturated carbocycles. The van der Waals surface area contributed by atoms with Crippen LogP contribution in [0.25, 0.3) is 0 Å². The van der Waals surface area contributed by atoms with Gasteiger partial charge in [0.05, 0.1) is 11.6 Å². The van der Waals surface area contributed by atoms with Crippen LogP contribution >= 0.6 is 0 Å². The molecule has 2 saturated heterocycles. The van der Waals surface area contributed by atoms with Gasteiger partial charge in [0.2, 0.25) is 5.91 Å². The second-order valence-corrected chi connectivity index (χ2v) is 8.52. The van der Waals surface area contributed by atoms with Crippen molar-refractivity contribution in [2.45, 2.75) is 47.1 Å². The zero-order chi connectivity index (χ0) is 19.7. The van der Waals surface area contributed by atoms with E-state index in [1.807, 2.05) is 36.6 Å². The predicted molar refractivity (Wildman–Crippen MR) is 105 cm³/mol. The van der Waals surface area contributed by atoms with Gasteiger partial charge in [0.25, 0.3) is 5.91 Å². The van der Waals surface area contributed by atoms with Crippen molar-refractivity contribution in [2.24, 2.45) is 11.8 Å². The standard InChI is InChI=1S/C21H33N3O3/c1-14-10-15(2)13-24(12-14)20(25)17(4)22-6-8-23(9-7-22)21(26)19-11-16(3)27-18(19)5/h11,14-15,17H,6-10,12-13H2,1-5H3. The quantitative estimate of drug-likeness (QED) is 0.815. The van der Waals surface area contributed by atoms with Crippen LogP contribution in [0.5, 0.6) is 0 Å². The molecule has 0 radical (unpaired) electrons. The highest BCUT2D eigenvalue weighted by molar-refractivity contribution is 5.95. The highest BCUT2D eigenvalue weighted by Gasteiger charge is 2.33. The fraction of sp³-hybridized carbons (Fsp3) is 0.714. The highest BCUT2D eigenvalue weighted by Crippen LogP contribution is 2.23. The topological polar surface area (TPSA) is 57.0 Å². The Morgan fingerprint density at radius 3 is 2.15 bits per heavy atom. The Kier molecular flexibility index (Phi) is 5.94. The zero-order valence-corrected chi connectivity index (χ0v) is 17.3. The molecule has 0 spiro atoms. The van der Waals surface area contributed by atoms with Crippen molar-refractivity contribution in [1.82, 2.24) is 14.7 Å². The van der Waals surface area contributed by atoms with Gasteiger partial charge in [-0.25, -0.2) is 0 Å². The smallest absolute Gasteiger partial charge is 0.257 e. The number of carbonyl (C=O) groups excluding carboxylic acids is 2. The summed E-state index contributed by atoms with van der Waals surface area (Å²) in [6, 6.07) is 1.69. The Morgan fingerprint density at radius 2 is 1.63 bits per heavy atom. The number of aryl methyl sites for hydroxylation is 2. The average molecular weight is 376 g/mol. The lowest BCUT2D eigenvalue weighted by Gasteiger charge is -2.41. The van der Waals surface area contributed by atoms with Gasteiger partial charge >= 0.3 is 0 Å². The summed E-state index contributed by atoms with van der Waals surface area (Å²) in [5, 5.41) is 0. The summed E-state index contributed by atoms with van der Waals surface area (Å²) in [6.07, 6.45) is 1.20. The van der Waals surface area contributed by atoms with Gasteiger partial charge in [0, 0.05) is 39.3 Å². The second kappa shape index (κ2) is 8.05. The number of carbonyl (C=O) groups is 2. The minimum Gasteiger partial charge on any atom is -0.466 e. The maximum absolute atomic E-state index is 13.0. The van der Waals surface area contributed by atoms with Crippen LogP contribution in [0.15, 0.2) is 10.5 Å². The molecule has 3 heterocycles. The zero-order valence-electron chi connectivity index (χ0n) is 17.3. The van der Waals surface area contributed by atoms with Crippen LogP contribution in [0.1, 0.15) is 49.1 Å². The minimum absolute atomic E-state index is 0.0293. The van der Waals surface area contributed by atoms with Crippen LogP contribution in [0, 0.1) is 25.7 Å². The van der Waals surface area contributed by atoms with Crippen molar-refractivity contribution in [2.75, 3.05) is 39.3 Å². The van der Waals surface area contributed by atoms with E-state index in [-0.39, 0.29) is 17.9 Å². The summed E-state index contributed by atoms with van der Waals surface area (Å²) in [5.74, 6) is 2.84. The van der Waals surface area contributed by atoms with E-state index in [1.165, 1.54) is 6.42 Å².